The Hall–Kier alpha value is -1.69. The topological polar surface area (TPSA) is 49.6 Å². The molecule has 1 fully saturated rings. The van der Waals surface area contributed by atoms with Gasteiger partial charge in [0.25, 0.3) is 0 Å². The van der Waals surface area contributed by atoms with Crippen molar-refractivity contribution in [1.82, 2.24) is 24.5 Å². The molecule has 0 spiro atoms. The fraction of sp³-hybridized carbons (Fsp3) is 0.500. The van der Waals surface area contributed by atoms with Crippen LogP contribution in [0.2, 0.25) is 0 Å². The van der Waals surface area contributed by atoms with Gasteiger partial charge in [-0.25, -0.2) is 4.98 Å². The summed E-state index contributed by atoms with van der Waals surface area (Å²) >= 11 is 0. The predicted octanol–water partition coefficient (Wildman–Crippen LogP) is -0.124. The largest absolute Gasteiger partial charge is 0.338 e. The lowest BCUT2D eigenvalue weighted by Gasteiger charge is -2.32. The molecule has 1 saturated heterocycles. The van der Waals surface area contributed by atoms with Crippen molar-refractivity contribution < 1.29 is 0 Å². The highest BCUT2D eigenvalue weighted by molar-refractivity contribution is 5.48. The Bertz CT molecular complexity index is 485. The van der Waals surface area contributed by atoms with Crippen LogP contribution in [0.5, 0.6) is 0 Å². The van der Waals surface area contributed by atoms with E-state index in [4.69, 9.17) is 0 Å². The zero-order valence-electron chi connectivity index (χ0n) is 9.24. The number of fused-ring (bicyclic) bond motifs is 1. The number of imidazole rings is 1. The van der Waals surface area contributed by atoms with Gasteiger partial charge in [-0.15, -0.1) is 5.10 Å². The Morgan fingerprint density at radius 1 is 1.12 bits per heavy atom. The zero-order valence-corrected chi connectivity index (χ0v) is 9.24. The molecule has 3 heterocycles. The number of piperazine rings is 1. The van der Waals surface area contributed by atoms with Crippen molar-refractivity contribution in [3.05, 3.63) is 18.7 Å². The minimum Gasteiger partial charge on any atom is -0.338 e. The van der Waals surface area contributed by atoms with Gasteiger partial charge < -0.3 is 9.80 Å². The fourth-order valence-corrected chi connectivity index (χ4v) is 1.98. The Morgan fingerprint density at radius 3 is 2.75 bits per heavy atom. The van der Waals surface area contributed by atoms with Gasteiger partial charge in [0.2, 0.25) is 5.95 Å². The quantitative estimate of drug-likeness (QED) is 0.667. The highest BCUT2D eigenvalue weighted by atomic mass is 15.4. The first kappa shape index (κ1) is 9.53. The molecule has 0 amide bonds. The number of hydrogen-bond donors (Lipinski definition) is 0. The average Bonchev–Trinajstić information content (AvgIpc) is 2.78. The molecule has 0 N–H and O–H groups in total. The van der Waals surface area contributed by atoms with E-state index < -0.39 is 0 Å². The van der Waals surface area contributed by atoms with Crippen LogP contribution in [-0.2, 0) is 0 Å². The lowest BCUT2D eigenvalue weighted by atomic mass is 10.3. The summed E-state index contributed by atoms with van der Waals surface area (Å²) in [4.78, 5) is 8.69. The molecule has 1 aliphatic rings. The van der Waals surface area contributed by atoms with Gasteiger partial charge in [-0.3, -0.25) is 4.40 Å². The number of aromatic nitrogens is 4. The average molecular weight is 218 g/mol. The molecule has 3 rings (SSSR count). The van der Waals surface area contributed by atoms with E-state index in [1.165, 1.54) is 0 Å². The summed E-state index contributed by atoms with van der Waals surface area (Å²) < 4.78 is 1.98. The number of hydrogen-bond acceptors (Lipinski definition) is 5. The lowest BCUT2D eigenvalue weighted by molar-refractivity contribution is 0.310. The van der Waals surface area contributed by atoms with Crippen molar-refractivity contribution in [3.63, 3.8) is 0 Å². The number of nitrogens with zero attached hydrogens (tertiary/aromatic N) is 6. The van der Waals surface area contributed by atoms with Crippen LogP contribution >= 0.6 is 0 Å². The number of rotatable bonds is 1. The van der Waals surface area contributed by atoms with Crippen LogP contribution in [0.15, 0.2) is 18.7 Å². The van der Waals surface area contributed by atoms with Crippen LogP contribution in [0.3, 0.4) is 0 Å². The molecule has 6 heteroatoms. The molecule has 0 bridgehead atoms. The second kappa shape index (κ2) is 3.71. The standard InChI is InChI=1S/C10H14N6/c1-14-2-4-15(5-3-14)10-13-12-7-9-6-11-8-16(9)10/h6-8H,2-5H2,1H3. The summed E-state index contributed by atoms with van der Waals surface area (Å²) in [5.74, 6) is 0.892. The Kier molecular flexibility index (Phi) is 2.21. The summed E-state index contributed by atoms with van der Waals surface area (Å²) in [6.45, 7) is 4.10. The Morgan fingerprint density at radius 2 is 1.94 bits per heavy atom. The number of anilines is 1. The van der Waals surface area contributed by atoms with Crippen molar-refractivity contribution in [2.45, 2.75) is 0 Å². The van der Waals surface area contributed by atoms with Crippen molar-refractivity contribution in [2.75, 3.05) is 38.1 Å². The van der Waals surface area contributed by atoms with E-state index in [-0.39, 0.29) is 0 Å². The molecular formula is C10H14N6. The molecular weight excluding hydrogens is 204 g/mol. The maximum Gasteiger partial charge on any atom is 0.231 e. The van der Waals surface area contributed by atoms with E-state index in [9.17, 15) is 0 Å². The van der Waals surface area contributed by atoms with Gasteiger partial charge >= 0.3 is 0 Å². The Balaban J connectivity index is 1.96. The van der Waals surface area contributed by atoms with Gasteiger partial charge in [-0.1, -0.05) is 0 Å². The second-order valence-electron chi connectivity index (χ2n) is 4.12. The third-order valence-corrected chi connectivity index (χ3v) is 3.01. The molecule has 0 atom stereocenters. The van der Waals surface area contributed by atoms with Crippen LogP contribution < -0.4 is 4.90 Å². The predicted molar refractivity (Wildman–Crippen MR) is 60.5 cm³/mol. The van der Waals surface area contributed by atoms with Crippen molar-refractivity contribution in [1.29, 1.82) is 0 Å². The van der Waals surface area contributed by atoms with E-state index in [0.29, 0.717) is 0 Å². The molecule has 0 aromatic carbocycles. The molecule has 0 aliphatic carbocycles. The normalized spacial score (nSPS) is 18.2. The van der Waals surface area contributed by atoms with Crippen LogP contribution in [0, 0.1) is 0 Å². The van der Waals surface area contributed by atoms with E-state index in [1.54, 1.807) is 18.7 Å². The molecule has 2 aromatic rings. The van der Waals surface area contributed by atoms with Crippen LogP contribution in [0.1, 0.15) is 0 Å². The SMILES string of the molecule is CN1CCN(c2nncc3cncn23)CC1. The van der Waals surface area contributed by atoms with Crippen LogP contribution in [0.4, 0.5) is 5.95 Å². The molecule has 16 heavy (non-hydrogen) atoms. The second-order valence-corrected chi connectivity index (χ2v) is 4.12. The molecule has 6 nitrogen and oxygen atoms in total. The first-order valence-corrected chi connectivity index (χ1v) is 5.42. The molecule has 0 unspecified atom stereocenters. The van der Waals surface area contributed by atoms with E-state index in [1.807, 2.05) is 4.40 Å². The monoisotopic (exact) mass is 218 g/mol. The maximum absolute atomic E-state index is 4.21. The van der Waals surface area contributed by atoms with Gasteiger partial charge in [0, 0.05) is 26.2 Å². The molecule has 1 aliphatic heterocycles. The Labute approximate surface area is 93.5 Å². The minimum absolute atomic E-state index is 0.892. The molecule has 0 saturated carbocycles. The van der Waals surface area contributed by atoms with Crippen molar-refractivity contribution in [2.24, 2.45) is 0 Å². The van der Waals surface area contributed by atoms with E-state index in [0.717, 1.165) is 37.6 Å². The fourth-order valence-electron chi connectivity index (χ4n) is 1.98. The summed E-state index contributed by atoms with van der Waals surface area (Å²) in [6.07, 6.45) is 5.32. The third-order valence-electron chi connectivity index (χ3n) is 3.01. The highest BCUT2D eigenvalue weighted by Crippen LogP contribution is 2.13. The molecule has 84 valence electrons. The summed E-state index contributed by atoms with van der Waals surface area (Å²) in [6, 6.07) is 0. The van der Waals surface area contributed by atoms with Crippen molar-refractivity contribution in [3.8, 4) is 0 Å². The van der Waals surface area contributed by atoms with Gasteiger partial charge in [0.05, 0.1) is 17.9 Å². The lowest BCUT2D eigenvalue weighted by Crippen LogP contribution is -2.45. The first-order chi connectivity index (χ1) is 7.84. The highest BCUT2D eigenvalue weighted by Gasteiger charge is 2.17. The zero-order chi connectivity index (χ0) is 11.0. The van der Waals surface area contributed by atoms with Gasteiger partial charge in [-0.2, -0.15) is 5.10 Å². The summed E-state index contributed by atoms with van der Waals surface area (Å²) in [5.41, 5.74) is 0.990. The van der Waals surface area contributed by atoms with Gasteiger partial charge in [0.15, 0.2) is 0 Å². The molecule has 0 radical (unpaired) electrons. The minimum atomic E-state index is 0.892. The van der Waals surface area contributed by atoms with Crippen LogP contribution in [-0.4, -0.2) is 57.7 Å². The summed E-state index contributed by atoms with van der Waals surface area (Å²) in [7, 11) is 2.14. The van der Waals surface area contributed by atoms with E-state index >= 15 is 0 Å². The van der Waals surface area contributed by atoms with Crippen molar-refractivity contribution >= 4 is 11.5 Å². The van der Waals surface area contributed by atoms with Gasteiger partial charge in [0.1, 0.15) is 6.33 Å². The first-order valence-electron chi connectivity index (χ1n) is 5.42. The summed E-state index contributed by atoms with van der Waals surface area (Å²) in [5, 5.41) is 8.22. The smallest absolute Gasteiger partial charge is 0.231 e. The number of likely N-dealkylation sites (N-methyl/N-ethyl adjacent to an activating group) is 1. The maximum atomic E-state index is 4.21. The molecule has 2 aromatic heterocycles. The third kappa shape index (κ3) is 1.51. The van der Waals surface area contributed by atoms with Crippen LogP contribution in [0.25, 0.3) is 5.52 Å². The van der Waals surface area contributed by atoms with E-state index in [2.05, 4.69) is 32.0 Å². The van der Waals surface area contributed by atoms with Gasteiger partial charge in [-0.05, 0) is 7.05 Å².